The van der Waals surface area contributed by atoms with E-state index in [1.807, 2.05) is 0 Å². The Labute approximate surface area is 98.6 Å². The van der Waals surface area contributed by atoms with Gasteiger partial charge in [-0.05, 0) is 24.5 Å². The molecule has 3 nitrogen and oxygen atoms in total. The largest absolute Gasteiger partial charge is 0.319 e. The first-order valence-corrected chi connectivity index (χ1v) is 6.54. The van der Waals surface area contributed by atoms with Crippen molar-refractivity contribution in [3.05, 3.63) is 18.2 Å². The summed E-state index contributed by atoms with van der Waals surface area (Å²) in [7, 11) is 0. The molecule has 1 heterocycles. The van der Waals surface area contributed by atoms with Crippen molar-refractivity contribution in [3.8, 4) is 0 Å². The topological polar surface area (TPSA) is 29.9 Å². The standard InChI is InChI=1S/C10H17F2N3S/c1-8(7-16-2)5-13-6-9-14-3-4-15(9)10(11)12/h3-4,8,10,13H,5-7H2,1-2H3. The summed E-state index contributed by atoms with van der Waals surface area (Å²) >= 11 is 1.78. The Kier molecular flexibility index (Phi) is 5.76. The zero-order valence-electron chi connectivity index (χ0n) is 9.49. The summed E-state index contributed by atoms with van der Waals surface area (Å²) in [5.41, 5.74) is 0. The lowest BCUT2D eigenvalue weighted by atomic mass is 10.2. The van der Waals surface area contributed by atoms with Gasteiger partial charge in [0.25, 0.3) is 0 Å². The minimum Gasteiger partial charge on any atom is -0.310 e. The quantitative estimate of drug-likeness (QED) is 0.804. The number of aromatic nitrogens is 2. The summed E-state index contributed by atoms with van der Waals surface area (Å²) in [6.07, 6.45) is 4.75. The van der Waals surface area contributed by atoms with E-state index in [1.165, 1.54) is 12.4 Å². The first-order chi connectivity index (χ1) is 7.65. The van der Waals surface area contributed by atoms with Gasteiger partial charge in [-0.15, -0.1) is 0 Å². The van der Waals surface area contributed by atoms with Crippen molar-refractivity contribution in [2.75, 3.05) is 18.6 Å². The second kappa shape index (κ2) is 6.85. The second-order valence-electron chi connectivity index (χ2n) is 3.72. The van der Waals surface area contributed by atoms with Gasteiger partial charge in [0.05, 0.1) is 6.54 Å². The maximum absolute atomic E-state index is 12.5. The number of imidazole rings is 1. The highest BCUT2D eigenvalue weighted by molar-refractivity contribution is 7.98. The molecular formula is C10H17F2N3S. The normalized spacial score (nSPS) is 13.3. The van der Waals surface area contributed by atoms with Crippen molar-refractivity contribution < 1.29 is 8.78 Å². The SMILES string of the molecule is CSCC(C)CNCc1nccn1C(F)F. The van der Waals surface area contributed by atoms with Crippen LogP contribution in [0.25, 0.3) is 0 Å². The van der Waals surface area contributed by atoms with E-state index in [0.717, 1.165) is 16.9 Å². The van der Waals surface area contributed by atoms with Crippen LogP contribution in [0.2, 0.25) is 0 Å². The summed E-state index contributed by atoms with van der Waals surface area (Å²) < 4.78 is 25.8. The van der Waals surface area contributed by atoms with Gasteiger partial charge < -0.3 is 5.32 Å². The van der Waals surface area contributed by atoms with Gasteiger partial charge in [0.2, 0.25) is 0 Å². The van der Waals surface area contributed by atoms with Crippen LogP contribution in [0, 0.1) is 5.92 Å². The monoisotopic (exact) mass is 249 g/mol. The maximum Gasteiger partial charge on any atom is 0.319 e. The van der Waals surface area contributed by atoms with E-state index in [9.17, 15) is 8.78 Å². The first kappa shape index (κ1) is 13.4. The number of rotatable bonds is 7. The Balaban J connectivity index is 2.34. The Morgan fingerprint density at radius 1 is 1.56 bits per heavy atom. The van der Waals surface area contributed by atoms with Crippen LogP contribution in [0.1, 0.15) is 19.3 Å². The van der Waals surface area contributed by atoms with Gasteiger partial charge in [-0.25, -0.2) is 4.98 Å². The van der Waals surface area contributed by atoms with Crippen LogP contribution in [0.5, 0.6) is 0 Å². The van der Waals surface area contributed by atoms with Crippen molar-refractivity contribution >= 4 is 11.8 Å². The number of hydrogen-bond acceptors (Lipinski definition) is 3. The molecule has 0 saturated carbocycles. The molecule has 0 aliphatic heterocycles. The van der Waals surface area contributed by atoms with Crippen molar-refractivity contribution in [2.24, 2.45) is 5.92 Å². The van der Waals surface area contributed by atoms with E-state index in [1.54, 1.807) is 11.8 Å². The third-order valence-corrected chi connectivity index (χ3v) is 3.09. The number of thioether (sulfide) groups is 1. The van der Waals surface area contributed by atoms with E-state index in [2.05, 4.69) is 23.5 Å². The molecule has 0 aromatic carbocycles. The highest BCUT2D eigenvalue weighted by Gasteiger charge is 2.10. The molecule has 1 rings (SSSR count). The summed E-state index contributed by atoms with van der Waals surface area (Å²) in [5.74, 6) is 1.98. The van der Waals surface area contributed by atoms with E-state index in [-0.39, 0.29) is 0 Å². The van der Waals surface area contributed by atoms with Crippen LogP contribution in [0.4, 0.5) is 8.78 Å². The predicted molar refractivity (Wildman–Crippen MR) is 62.7 cm³/mol. The van der Waals surface area contributed by atoms with Crippen molar-refractivity contribution in [2.45, 2.75) is 20.0 Å². The molecule has 6 heteroatoms. The lowest BCUT2D eigenvalue weighted by Crippen LogP contribution is -2.24. The smallest absolute Gasteiger partial charge is 0.310 e. The van der Waals surface area contributed by atoms with E-state index in [0.29, 0.717) is 18.3 Å². The molecule has 1 aromatic rings. The fourth-order valence-corrected chi connectivity index (χ4v) is 2.12. The summed E-state index contributed by atoms with van der Waals surface area (Å²) in [4.78, 5) is 3.90. The van der Waals surface area contributed by atoms with Crippen LogP contribution < -0.4 is 5.32 Å². The van der Waals surface area contributed by atoms with Gasteiger partial charge >= 0.3 is 6.55 Å². The lowest BCUT2D eigenvalue weighted by molar-refractivity contribution is 0.0666. The molecule has 0 amide bonds. The van der Waals surface area contributed by atoms with E-state index < -0.39 is 6.55 Å². The Morgan fingerprint density at radius 3 is 2.94 bits per heavy atom. The zero-order chi connectivity index (χ0) is 12.0. The van der Waals surface area contributed by atoms with Gasteiger partial charge in [-0.1, -0.05) is 6.92 Å². The third-order valence-electron chi connectivity index (χ3n) is 2.19. The Bertz CT molecular complexity index is 304. The zero-order valence-corrected chi connectivity index (χ0v) is 10.3. The minimum atomic E-state index is -2.51. The van der Waals surface area contributed by atoms with Crippen LogP contribution in [-0.2, 0) is 6.54 Å². The molecule has 0 bridgehead atoms. The number of nitrogens with one attached hydrogen (secondary N) is 1. The lowest BCUT2D eigenvalue weighted by Gasteiger charge is -2.11. The van der Waals surface area contributed by atoms with Crippen LogP contribution in [0.15, 0.2) is 12.4 Å². The molecule has 0 saturated heterocycles. The van der Waals surface area contributed by atoms with Gasteiger partial charge in [0, 0.05) is 12.4 Å². The summed E-state index contributed by atoms with van der Waals surface area (Å²) in [6, 6.07) is 0. The average molecular weight is 249 g/mol. The third kappa shape index (κ3) is 4.09. The number of alkyl halides is 2. The molecule has 16 heavy (non-hydrogen) atoms. The average Bonchev–Trinajstić information content (AvgIpc) is 2.66. The van der Waals surface area contributed by atoms with Gasteiger partial charge in [0.15, 0.2) is 0 Å². The van der Waals surface area contributed by atoms with Crippen molar-refractivity contribution in [3.63, 3.8) is 0 Å². The van der Waals surface area contributed by atoms with E-state index in [4.69, 9.17) is 0 Å². The summed E-state index contributed by atoms with van der Waals surface area (Å²) in [5, 5.41) is 3.14. The van der Waals surface area contributed by atoms with Gasteiger partial charge in [-0.3, -0.25) is 4.57 Å². The Hall–Kier alpha value is -0.620. The van der Waals surface area contributed by atoms with Crippen LogP contribution in [-0.4, -0.2) is 28.1 Å². The number of hydrogen-bond donors (Lipinski definition) is 1. The molecule has 0 fully saturated rings. The molecule has 1 atom stereocenters. The molecule has 0 aliphatic rings. The molecule has 0 radical (unpaired) electrons. The second-order valence-corrected chi connectivity index (χ2v) is 4.63. The number of nitrogens with zero attached hydrogens (tertiary/aromatic N) is 2. The minimum absolute atomic E-state index is 0.381. The van der Waals surface area contributed by atoms with E-state index >= 15 is 0 Å². The van der Waals surface area contributed by atoms with Crippen molar-refractivity contribution in [1.29, 1.82) is 0 Å². The fraction of sp³-hybridized carbons (Fsp3) is 0.700. The predicted octanol–water partition coefficient (Wildman–Crippen LogP) is 2.37. The Morgan fingerprint density at radius 2 is 2.31 bits per heavy atom. The number of halogens is 2. The van der Waals surface area contributed by atoms with Crippen molar-refractivity contribution in [1.82, 2.24) is 14.9 Å². The first-order valence-electron chi connectivity index (χ1n) is 5.14. The molecule has 0 spiro atoms. The molecule has 1 unspecified atom stereocenters. The molecule has 92 valence electrons. The fourth-order valence-electron chi connectivity index (χ4n) is 1.43. The highest BCUT2D eigenvalue weighted by atomic mass is 32.2. The molecular weight excluding hydrogens is 232 g/mol. The molecule has 1 aromatic heterocycles. The van der Waals surface area contributed by atoms with Crippen LogP contribution in [0.3, 0.4) is 0 Å². The molecule has 1 N–H and O–H groups in total. The van der Waals surface area contributed by atoms with Crippen LogP contribution >= 0.6 is 11.8 Å². The maximum atomic E-state index is 12.5. The van der Waals surface area contributed by atoms with Gasteiger partial charge in [-0.2, -0.15) is 20.5 Å². The highest BCUT2D eigenvalue weighted by Crippen LogP contribution is 2.12. The molecule has 0 aliphatic carbocycles. The summed E-state index contributed by atoms with van der Waals surface area (Å²) in [6.45, 7) is 0.818. The van der Waals surface area contributed by atoms with Gasteiger partial charge in [0.1, 0.15) is 5.82 Å².